The summed E-state index contributed by atoms with van der Waals surface area (Å²) in [4.78, 5) is 8.29. The van der Waals surface area contributed by atoms with E-state index >= 15 is 0 Å². The Bertz CT molecular complexity index is 1160. The molecule has 0 bridgehead atoms. The summed E-state index contributed by atoms with van der Waals surface area (Å²) >= 11 is 0. The van der Waals surface area contributed by atoms with Gasteiger partial charge in [-0.05, 0) is 34.2 Å². The highest BCUT2D eigenvalue weighted by Gasteiger charge is 2.38. The number of benzene rings is 2. The van der Waals surface area contributed by atoms with Crippen molar-refractivity contribution >= 4 is 35.2 Å². The SMILES string of the molecule is C[Si](C)(C)c1cnc2c(c1)nc(C(F)(F)F)n2-c1ccc2ccccc2c1. The van der Waals surface area contributed by atoms with E-state index in [0.717, 1.165) is 20.5 Å². The second-order valence-corrected chi connectivity index (χ2v) is 12.7. The predicted molar refractivity (Wildman–Crippen MR) is 104 cm³/mol. The van der Waals surface area contributed by atoms with Gasteiger partial charge in [0.1, 0.15) is 5.52 Å². The van der Waals surface area contributed by atoms with E-state index in [1.165, 1.54) is 0 Å². The fourth-order valence-corrected chi connectivity index (χ4v) is 4.15. The van der Waals surface area contributed by atoms with Crippen LogP contribution in [0.3, 0.4) is 0 Å². The first-order valence-electron chi connectivity index (χ1n) is 8.60. The smallest absolute Gasteiger partial charge is 0.273 e. The van der Waals surface area contributed by atoms with Gasteiger partial charge in [0.05, 0.1) is 8.07 Å². The molecule has 2 heterocycles. The van der Waals surface area contributed by atoms with Crippen molar-refractivity contribution < 1.29 is 13.2 Å². The number of hydrogen-bond acceptors (Lipinski definition) is 2. The molecule has 0 atom stereocenters. The summed E-state index contributed by atoms with van der Waals surface area (Å²) in [7, 11) is -1.71. The molecule has 7 heteroatoms. The highest BCUT2D eigenvalue weighted by molar-refractivity contribution is 6.88. The summed E-state index contributed by atoms with van der Waals surface area (Å²) in [5.41, 5.74) is 0.895. The van der Waals surface area contributed by atoms with Crippen LogP contribution in [0.15, 0.2) is 54.7 Å². The Morgan fingerprint density at radius 2 is 1.63 bits per heavy atom. The minimum atomic E-state index is -4.58. The highest BCUT2D eigenvalue weighted by atomic mass is 28.3. The molecule has 0 saturated heterocycles. The van der Waals surface area contributed by atoms with Crippen LogP contribution in [0.5, 0.6) is 0 Å². The molecular weight excluding hydrogens is 367 g/mol. The van der Waals surface area contributed by atoms with Crippen molar-refractivity contribution in [1.29, 1.82) is 0 Å². The molecule has 2 aromatic carbocycles. The van der Waals surface area contributed by atoms with Gasteiger partial charge in [0.15, 0.2) is 5.65 Å². The van der Waals surface area contributed by atoms with E-state index in [-0.39, 0.29) is 11.2 Å². The highest BCUT2D eigenvalue weighted by Crippen LogP contribution is 2.33. The van der Waals surface area contributed by atoms with Crippen LogP contribution in [-0.2, 0) is 6.18 Å². The molecule has 4 aromatic rings. The van der Waals surface area contributed by atoms with Gasteiger partial charge < -0.3 is 0 Å². The van der Waals surface area contributed by atoms with Gasteiger partial charge in [-0.1, -0.05) is 50.0 Å². The van der Waals surface area contributed by atoms with Crippen molar-refractivity contribution in [2.24, 2.45) is 0 Å². The van der Waals surface area contributed by atoms with Gasteiger partial charge in [-0.2, -0.15) is 13.2 Å². The number of hydrogen-bond donors (Lipinski definition) is 0. The largest absolute Gasteiger partial charge is 0.450 e. The zero-order chi connectivity index (χ0) is 19.4. The molecule has 2 aromatic heterocycles. The monoisotopic (exact) mass is 385 g/mol. The van der Waals surface area contributed by atoms with E-state index in [9.17, 15) is 13.2 Å². The number of nitrogens with zero attached hydrogens (tertiary/aromatic N) is 3. The second kappa shape index (κ2) is 5.92. The number of rotatable bonds is 2. The van der Waals surface area contributed by atoms with Crippen LogP contribution >= 0.6 is 0 Å². The molecule has 0 aliphatic heterocycles. The topological polar surface area (TPSA) is 30.7 Å². The third-order valence-corrected chi connectivity index (χ3v) is 6.61. The molecule has 0 spiro atoms. The van der Waals surface area contributed by atoms with Crippen LogP contribution in [-0.4, -0.2) is 22.6 Å². The van der Waals surface area contributed by atoms with E-state index in [1.807, 2.05) is 30.3 Å². The van der Waals surface area contributed by atoms with Crippen molar-refractivity contribution in [3.05, 3.63) is 60.6 Å². The molecule has 0 amide bonds. The summed E-state index contributed by atoms with van der Waals surface area (Å²) in [6, 6.07) is 14.5. The summed E-state index contributed by atoms with van der Waals surface area (Å²) in [5, 5.41) is 2.81. The van der Waals surface area contributed by atoms with Crippen LogP contribution < -0.4 is 5.19 Å². The number of fused-ring (bicyclic) bond motifs is 2. The summed E-state index contributed by atoms with van der Waals surface area (Å²) < 4.78 is 42.3. The molecule has 4 rings (SSSR count). The Kier molecular flexibility index (Phi) is 3.89. The average molecular weight is 385 g/mol. The molecule has 0 fully saturated rings. The fourth-order valence-electron chi connectivity index (χ4n) is 3.13. The van der Waals surface area contributed by atoms with Crippen molar-refractivity contribution in [2.75, 3.05) is 0 Å². The van der Waals surface area contributed by atoms with Gasteiger partial charge in [-0.3, -0.25) is 4.57 Å². The lowest BCUT2D eigenvalue weighted by molar-refractivity contribution is -0.145. The maximum Gasteiger partial charge on any atom is 0.450 e. The summed E-state index contributed by atoms with van der Waals surface area (Å²) in [6.45, 7) is 6.38. The molecule has 0 N–H and O–H groups in total. The lowest BCUT2D eigenvalue weighted by Crippen LogP contribution is -2.37. The molecule has 0 unspecified atom stereocenters. The molecule has 0 radical (unpaired) electrons. The van der Waals surface area contributed by atoms with Gasteiger partial charge in [-0.25, -0.2) is 9.97 Å². The van der Waals surface area contributed by atoms with Crippen molar-refractivity contribution in [1.82, 2.24) is 14.5 Å². The van der Waals surface area contributed by atoms with E-state index in [4.69, 9.17) is 0 Å². The maximum atomic E-state index is 13.7. The maximum absolute atomic E-state index is 13.7. The van der Waals surface area contributed by atoms with Crippen molar-refractivity contribution in [3.8, 4) is 5.69 Å². The Morgan fingerprint density at radius 3 is 2.30 bits per heavy atom. The first-order valence-corrected chi connectivity index (χ1v) is 12.1. The lowest BCUT2D eigenvalue weighted by Gasteiger charge is -2.15. The zero-order valence-corrected chi connectivity index (χ0v) is 16.2. The van der Waals surface area contributed by atoms with Gasteiger partial charge >= 0.3 is 6.18 Å². The number of aromatic nitrogens is 3. The standard InChI is InChI=1S/C20H18F3N3Si/c1-27(2,3)16-11-17-18(24-12-16)26(19(25-17)20(21,22)23)15-9-8-13-6-4-5-7-14(13)10-15/h4-12H,1-3H3. The van der Waals surface area contributed by atoms with Gasteiger partial charge in [0.25, 0.3) is 0 Å². The Hall–Kier alpha value is -2.67. The quantitative estimate of drug-likeness (QED) is 0.448. The van der Waals surface area contributed by atoms with E-state index in [0.29, 0.717) is 5.69 Å². The van der Waals surface area contributed by atoms with Crippen LogP contribution in [0.25, 0.3) is 27.6 Å². The van der Waals surface area contributed by atoms with Crippen LogP contribution in [0.1, 0.15) is 5.82 Å². The minimum Gasteiger partial charge on any atom is -0.273 e. The van der Waals surface area contributed by atoms with Crippen LogP contribution in [0.4, 0.5) is 13.2 Å². The van der Waals surface area contributed by atoms with Gasteiger partial charge in [0.2, 0.25) is 5.82 Å². The Labute approximate surface area is 155 Å². The third-order valence-electron chi connectivity index (χ3n) is 4.61. The van der Waals surface area contributed by atoms with Crippen molar-refractivity contribution in [2.45, 2.75) is 25.8 Å². The molecule has 3 nitrogen and oxygen atoms in total. The molecule has 27 heavy (non-hydrogen) atoms. The molecular formula is C20H18F3N3Si. The lowest BCUT2D eigenvalue weighted by atomic mass is 10.1. The third kappa shape index (κ3) is 3.12. The predicted octanol–water partition coefficient (Wildman–Crippen LogP) is 5.14. The van der Waals surface area contributed by atoms with Crippen LogP contribution in [0, 0.1) is 0 Å². The number of alkyl halides is 3. The first kappa shape index (κ1) is 17.7. The average Bonchev–Trinajstić information content (AvgIpc) is 2.99. The fraction of sp³-hybridized carbons (Fsp3) is 0.200. The van der Waals surface area contributed by atoms with Crippen LogP contribution in [0.2, 0.25) is 19.6 Å². The van der Waals surface area contributed by atoms with Gasteiger partial charge in [-0.15, -0.1) is 0 Å². The van der Waals surface area contributed by atoms with Crippen molar-refractivity contribution in [3.63, 3.8) is 0 Å². The van der Waals surface area contributed by atoms with E-state index in [2.05, 4.69) is 29.6 Å². The van der Waals surface area contributed by atoms with E-state index < -0.39 is 20.1 Å². The van der Waals surface area contributed by atoms with E-state index in [1.54, 1.807) is 24.4 Å². The number of imidazole rings is 1. The zero-order valence-electron chi connectivity index (χ0n) is 15.2. The summed E-state index contributed by atoms with van der Waals surface area (Å²) in [5.74, 6) is -0.951. The molecule has 0 aliphatic rings. The minimum absolute atomic E-state index is 0.222. The summed E-state index contributed by atoms with van der Waals surface area (Å²) in [6.07, 6.45) is -2.89. The number of pyridine rings is 1. The Morgan fingerprint density at radius 1 is 0.926 bits per heavy atom. The number of halogens is 3. The van der Waals surface area contributed by atoms with Gasteiger partial charge in [0, 0.05) is 11.9 Å². The molecule has 138 valence electrons. The molecule has 0 saturated carbocycles. The normalized spacial score (nSPS) is 12.8. The first-order chi connectivity index (χ1) is 12.6. The second-order valence-electron chi connectivity index (χ2n) is 7.62. The Balaban J connectivity index is 2.02. The molecule has 0 aliphatic carbocycles.